The number of aromatic nitrogens is 2. The van der Waals surface area contributed by atoms with E-state index in [1.165, 1.54) is 11.1 Å². The Kier molecular flexibility index (Phi) is 4.52. The van der Waals surface area contributed by atoms with E-state index in [1.54, 1.807) is 27.0 Å². The molecule has 0 saturated carbocycles. The van der Waals surface area contributed by atoms with Crippen molar-refractivity contribution in [3.8, 4) is 0 Å². The van der Waals surface area contributed by atoms with Gasteiger partial charge in [-0.05, 0) is 19.9 Å². The number of amides is 1. The Hall–Kier alpha value is -2.44. The SMILES string of the molecule is CCOC(=O)CCN(C)C(=O)c1cnc2onc(C)c2c1. The van der Waals surface area contributed by atoms with Crippen LogP contribution in [0.4, 0.5) is 0 Å². The number of esters is 1. The van der Waals surface area contributed by atoms with Crippen molar-refractivity contribution in [1.29, 1.82) is 0 Å². The summed E-state index contributed by atoms with van der Waals surface area (Å²) in [6, 6.07) is 1.69. The zero-order valence-electron chi connectivity index (χ0n) is 12.3. The zero-order valence-corrected chi connectivity index (χ0v) is 12.3. The minimum absolute atomic E-state index is 0.165. The zero-order chi connectivity index (χ0) is 15.4. The molecule has 0 bridgehead atoms. The highest BCUT2D eigenvalue weighted by atomic mass is 16.5. The number of hydrogen-bond donors (Lipinski definition) is 0. The number of rotatable bonds is 5. The van der Waals surface area contributed by atoms with Crippen LogP contribution in [0.5, 0.6) is 0 Å². The van der Waals surface area contributed by atoms with Gasteiger partial charge in [0.15, 0.2) is 0 Å². The summed E-state index contributed by atoms with van der Waals surface area (Å²) in [4.78, 5) is 29.1. The standard InChI is InChI=1S/C14H17N3O4/c1-4-20-12(18)5-6-17(3)14(19)10-7-11-9(2)16-21-13(11)15-8-10/h7-8H,4-6H2,1-3H3. The predicted octanol–water partition coefficient (Wildman–Crippen LogP) is 1.56. The van der Waals surface area contributed by atoms with Crippen LogP contribution in [0.2, 0.25) is 0 Å². The molecule has 1 amide bonds. The van der Waals surface area contributed by atoms with Crippen LogP contribution in [0.3, 0.4) is 0 Å². The minimum atomic E-state index is -0.319. The number of aryl methyl sites for hydroxylation is 1. The largest absolute Gasteiger partial charge is 0.466 e. The minimum Gasteiger partial charge on any atom is -0.466 e. The number of carbonyl (C=O) groups excluding carboxylic acids is 2. The summed E-state index contributed by atoms with van der Waals surface area (Å²) < 4.78 is 9.83. The van der Waals surface area contributed by atoms with Crippen molar-refractivity contribution in [3.63, 3.8) is 0 Å². The molecule has 0 aliphatic rings. The molecule has 2 rings (SSSR count). The summed E-state index contributed by atoms with van der Waals surface area (Å²) in [7, 11) is 1.63. The first-order valence-corrected chi connectivity index (χ1v) is 6.66. The molecule has 2 heterocycles. The molecule has 0 saturated heterocycles. The molecule has 0 spiro atoms. The summed E-state index contributed by atoms with van der Waals surface area (Å²) in [6.07, 6.45) is 1.61. The van der Waals surface area contributed by atoms with Gasteiger partial charge in [0.1, 0.15) is 0 Å². The summed E-state index contributed by atoms with van der Waals surface area (Å²) in [6.45, 7) is 4.16. The fraction of sp³-hybridized carbons (Fsp3) is 0.429. The second-order valence-electron chi connectivity index (χ2n) is 4.63. The van der Waals surface area contributed by atoms with Gasteiger partial charge in [0, 0.05) is 19.8 Å². The number of fused-ring (bicyclic) bond motifs is 1. The highest BCUT2D eigenvalue weighted by Gasteiger charge is 2.16. The Morgan fingerprint density at radius 2 is 2.19 bits per heavy atom. The lowest BCUT2D eigenvalue weighted by molar-refractivity contribution is -0.143. The average molecular weight is 291 g/mol. The quantitative estimate of drug-likeness (QED) is 0.777. The Labute approximate surface area is 121 Å². The molecule has 0 aliphatic carbocycles. The van der Waals surface area contributed by atoms with E-state index in [0.717, 1.165) is 0 Å². The summed E-state index contributed by atoms with van der Waals surface area (Å²) in [5.41, 5.74) is 1.51. The van der Waals surface area contributed by atoms with E-state index >= 15 is 0 Å². The van der Waals surface area contributed by atoms with Crippen LogP contribution in [-0.2, 0) is 9.53 Å². The first-order chi connectivity index (χ1) is 10.0. The monoisotopic (exact) mass is 291 g/mol. The fourth-order valence-electron chi connectivity index (χ4n) is 1.88. The Bertz CT molecular complexity index is 665. The number of pyridine rings is 1. The number of nitrogens with zero attached hydrogens (tertiary/aromatic N) is 3. The van der Waals surface area contributed by atoms with Crippen molar-refractivity contribution >= 4 is 23.0 Å². The lowest BCUT2D eigenvalue weighted by atomic mass is 10.2. The van der Waals surface area contributed by atoms with Gasteiger partial charge < -0.3 is 14.2 Å². The lowest BCUT2D eigenvalue weighted by Crippen LogP contribution is -2.29. The maximum Gasteiger partial charge on any atom is 0.307 e. The molecule has 0 fully saturated rings. The maximum absolute atomic E-state index is 12.3. The average Bonchev–Trinajstić information content (AvgIpc) is 2.85. The third kappa shape index (κ3) is 3.36. The first-order valence-electron chi connectivity index (χ1n) is 6.66. The molecule has 0 aliphatic heterocycles. The van der Waals surface area contributed by atoms with Crippen LogP contribution in [0.15, 0.2) is 16.8 Å². The first kappa shape index (κ1) is 15.0. The van der Waals surface area contributed by atoms with E-state index in [1.807, 2.05) is 0 Å². The smallest absolute Gasteiger partial charge is 0.307 e. The van der Waals surface area contributed by atoms with E-state index in [9.17, 15) is 9.59 Å². The number of hydrogen-bond acceptors (Lipinski definition) is 6. The summed E-state index contributed by atoms with van der Waals surface area (Å²) in [5, 5.41) is 4.51. The van der Waals surface area contributed by atoms with Gasteiger partial charge in [-0.15, -0.1) is 0 Å². The molecule has 0 unspecified atom stereocenters. The highest BCUT2D eigenvalue weighted by Crippen LogP contribution is 2.17. The van der Waals surface area contributed by atoms with Crippen molar-refractivity contribution in [1.82, 2.24) is 15.0 Å². The molecular weight excluding hydrogens is 274 g/mol. The van der Waals surface area contributed by atoms with Crippen molar-refractivity contribution in [2.24, 2.45) is 0 Å². The van der Waals surface area contributed by atoms with E-state index in [2.05, 4.69) is 10.1 Å². The van der Waals surface area contributed by atoms with Gasteiger partial charge in [-0.25, -0.2) is 4.98 Å². The third-order valence-corrected chi connectivity index (χ3v) is 3.06. The Balaban J connectivity index is 2.06. The molecule has 0 aromatic carbocycles. The van der Waals surface area contributed by atoms with E-state index in [0.29, 0.717) is 35.5 Å². The Morgan fingerprint density at radius 1 is 1.43 bits per heavy atom. The van der Waals surface area contributed by atoms with Gasteiger partial charge in [-0.2, -0.15) is 0 Å². The normalized spacial score (nSPS) is 10.6. The highest BCUT2D eigenvalue weighted by molar-refractivity contribution is 5.97. The third-order valence-electron chi connectivity index (χ3n) is 3.06. The van der Waals surface area contributed by atoms with Gasteiger partial charge in [-0.3, -0.25) is 9.59 Å². The fourth-order valence-corrected chi connectivity index (χ4v) is 1.88. The number of carbonyl (C=O) groups is 2. The molecule has 7 heteroatoms. The number of ether oxygens (including phenoxy) is 1. The molecule has 21 heavy (non-hydrogen) atoms. The van der Waals surface area contributed by atoms with Crippen LogP contribution >= 0.6 is 0 Å². The second kappa shape index (κ2) is 6.34. The van der Waals surface area contributed by atoms with Crippen LogP contribution in [0.25, 0.3) is 11.1 Å². The van der Waals surface area contributed by atoms with Crippen molar-refractivity contribution in [3.05, 3.63) is 23.5 Å². The van der Waals surface area contributed by atoms with Crippen molar-refractivity contribution < 1.29 is 18.8 Å². The molecule has 0 N–H and O–H groups in total. The van der Waals surface area contributed by atoms with Crippen molar-refractivity contribution in [2.45, 2.75) is 20.3 Å². The molecule has 112 valence electrons. The van der Waals surface area contributed by atoms with Gasteiger partial charge in [0.05, 0.1) is 29.7 Å². The lowest BCUT2D eigenvalue weighted by Gasteiger charge is -2.16. The summed E-state index contributed by atoms with van der Waals surface area (Å²) in [5.74, 6) is -0.532. The van der Waals surface area contributed by atoms with Crippen LogP contribution in [0, 0.1) is 6.92 Å². The summed E-state index contributed by atoms with van der Waals surface area (Å²) >= 11 is 0. The molecular formula is C14H17N3O4. The molecule has 2 aromatic heterocycles. The van der Waals surface area contributed by atoms with Gasteiger partial charge in [0.25, 0.3) is 11.6 Å². The van der Waals surface area contributed by atoms with Crippen LogP contribution in [-0.4, -0.2) is 47.1 Å². The van der Waals surface area contributed by atoms with E-state index in [4.69, 9.17) is 9.26 Å². The molecule has 7 nitrogen and oxygen atoms in total. The second-order valence-corrected chi connectivity index (χ2v) is 4.63. The van der Waals surface area contributed by atoms with Gasteiger partial charge >= 0.3 is 5.97 Å². The topological polar surface area (TPSA) is 85.5 Å². The molecule has 2 aromatic rings. The van der Waals surface area contributed by atoms with Crippen LogP contribution in [0.1, 0.15) is 29.4 Å². The maximum atomic E-state index is 12.3. The Morgan fingerprint density at radius 3 is 2.90 bits per heavy atom. The van der Waals surface area contributed by atoms with E-state index < -0.39 is 0 Å². The van der Waals surface area contributed by atoms with Gasteiger partial charge in [-0.1, -0.05) is 5.16 Å². The van der Waals surface area contributed by atoms with E-state index in [-0.39, 0.29) is 18.3 Å². The van der Waals surface area contributed by atoms with Gasteiger partial charge in [0.2, 0.25) is 0 Å². The van der Waals surface area contributed by atoms with Crippen molar-refractivity contribution in [2.75, 3.05) is 20.2 Å². The molecule has 0 radical (unpaired) electrons. The van der Waals surface area contributed by atoms with Crippen LogP contribution < -0.4 is 0 Å². The molecule has 0 atom stereocenters. The predicted molar refractivity (Wildman–Crippen MR) is 74.8 cm³/mol.